The Hall–Kier alpha value is -2.69. The summed E-state index contributed by atoms with van der Waals surface area (Å²) in [6, 6.07) is 4.92. The number of nitrogens with zero attached hydrogens (tertiary/aromatic N) is 1. The first-order valence-corrected chi connectivity index (χ1v) is 8.45. The SMILES string of the molecule is COc1ccc2c(cc(C)n2C(=O)c2csc(OC(F)(F)C(F)(F)F)c2)c1F. The lowest BCUT2D eigenvalue weighted by molar-refractivity contribution is -0.359. The van der Waals surface area contributed by atoms with Crippen molar-refractivity contribution >= 4 is 28.1 Å². The number of rotatable bonds is 4. The molecule has 28 heavy (non-hydrogen) atoms. The van der Waals surface area contributed by atoms with Gasteiger partial charge < -0.3 is 9.47 Å². The minimum atomic E-state index is -5.90. The first-order chi connectivity index (χ1) is 13.0. The van der Waals surface area contributed by atoms with Crippen molar-refractivity contribution in [2.75, 3.05) is 7.11 Å². The Bertz CT molecular complexity index is 1050. The van der Waals surface area contributed by atoms with E-state index in [1.54, 1.807) is 0 Å². The second kappa shape index (κ2) is 6.73. The summed E-state index contributed by atoms with van der Waals surface area (Å²) < 4.78 is 86.8. The number of carbonyl (C=O) groups is 1. The molecule has 150 valence electrons. The van der Waals surface area contributed by atoms with Crippen LogP contribution in [0.1, 0.15) is 16.1 Å². The number of benzene rings is 1. The molecule has 0 fully saturated rings. The first kappa shape index (κ1) is 20.1. The molecule has 0 saturated carbocycles. The Morgan fingerprint density at radius 2 is 1.82 bits per heavy atom. The highest BCUT2D eigenvalue weighted by molar-refractivity contribution is 7.12. The minimum absolute atomic E-state index is 0.0299. The fourth-order valence-electron chi connectivity index (χ4n) is 2.58. The third kappa shape index (κ3) is 3.30. The summed E-state index contributed by atoms with van der Waals surface area (Å²) in [5.41, 5.74) is 0.339. The zero-order chi connectivity index (χ0) is 20.9. The molecule has 4 nitrogen and oxygen atoms in total. The zero-order valence-corrected chi connectivity index (χ0v) is 15.1. The number of ether oxygens (including phenoxy) is 2. The lowest BCUT2D eigenvalue weighted by Crippen LogP contribution is -2.41. The summed E-state index contributed by atoms with van der Waals surface area (Å²) in [4.78, 5) is 12.7. The van der Waals surface area contributed by atoms with Crippen LogP contribution >= 0.6 is 11.3 Å². The number of thiophene rings is 1. The smallest absolute Gasteiger partial charge is 0.494 e. The van der Waals surface area contributed by atoms with E-state index < -0.39 is 29.1 Å². The maximum Gasteiger partial charge on any atom is 0.499 e. The standard InChI is InChI=1S/C17H11F6NO3S/c1-8-5-10-11(3-4-12(26-2)14(10)18)24(8)15(25)9-6-13(28-7-9)27-17(22,23)16(19,20)21/h3-7H,1-2H3. The summed E-state index contributed by atoms with van der Waals surface area (Å²) in [5.74, 6) is -1.45. The van der Waals surface area contributed by atoms with Crippen molar-refractivity contribution in [3.05, 3.63) is 46.7 Å². The fraction of sp³-hybridized carbons (Fsp3) is 0.235. The van der Waals surface area contributed by atoms with Crippen LogP contribution < -0.4 is 9.47 Å². The highest BCUT2D eigenvalue weighted by Crippen LogP contribution is 2.39. The lowest BCUT2D eigenvalue weighted by Gasteiger charge is -2.18. The second-order valence-electron chi connectivity index (χ2n) is 5.71. The molecular formula is C17H11F6NO3S. The quantitative estimate of drug-likeness (QED) is 0.529. The molecule has 0 saturated heterocycles. The van der Waals surface area contributed by atoms with Crippen molar-refractivity contribution in [3.63, 3.8) is 0 Å². The van der Waals surface area contributed by atoms with Gasteiger partial charge in [0.05, 0.1) is 18.2 Å². The van der Waals surface area contributed by atoms with Gasteiger partial charge in [-0.25, -0.2) is 4.39 Å². The number of halogens is 6. The molecule has 0 aliphatic rings. The number of aromatic nitrogens is 1. The van der Waals surface area contributed by atoms with Gasteiger partial charge in [-0.3, -0.25) is 9.36 Å². The van der Waals surface area contributed by atoms with Crippen LogP contribution in [0.15, 0.2) is 29.6 Å². The van der Waals surface area contributed by atoms with E-state index in [1.165, 1.54) is 32.2 Å². The van der Waals surface area contributed by atoms with Crippen LogP contribution in [0.2, 0.25) is 0 Å². The number of hydrogen-bond donors (Lipinski definition) is 0. The Kier molecular flexibility index (Phi) is 4.82. The molecule has 0 amide bonds. The Morgan fingerprint density at radius 1 is 1.14 bits per heavy atom. The molecule has 2 heterocycles. The average molecular weight is 423 g/mol. The van der Waals surface area contributed by atoms with Crippen LogP contribution in [0.5, 0.6) is 10.8 Å². The fourth-order valence-corrected chi connectivity index (χ4v) is 3.34. The molecule has 3 rings (SSSR count). The number of fused-ring (bicyclic) bond motifs is 1. The van der Waals surface area contributed by atoms with Crippen LogP contribution in [0.3, 0.4) is 0 Å². The van der Waals surface area contributed by atoms with Crippen LogP contribution in [0, 0.1) is 12.7 Å². The third-order valence-corrected chi connectivity index (χ3v) is 4.68. The molecule has 0 bridgehead atoms. The van der Waals surface area contributed by atoms with Crippen molar-refractivity contribution in [3.8, 4) is 10.8 Å². The van der Waals surface area contributed by atoms with Gasteiger partial charge in [-0.15, -0.1) is 11.3 Å². The van der Waals surface area contributed by atoms with Crippen LogP contribution in [0.25, 0.3) is 10.9 Å². The molecule has 0 radical (unpaired) electrons. The Balaban J connectivity index is 1.97. The van der Waals surface area contributed by atoms with Gasteiger partial charge in [0.25, 0.3) is 5.91 Å². The van der Waals surface area contributed by atoms with E-state index in [-0.39, 0.29) is 22.2 Å². The van der Waals surface area contributed by atoms with Gasteiger partial charge >= 0.3 is 12.3 Å². The van der Waals surface area contributed by atoms with Gasteiger partial charge in [-0.2, -0.15) is 22.0 Å². The summed E-state index contributed by atoms with van der Waals surface area (Å²) in [6.07, 6.45) is -11.3. The number of hydrogen-bond acceptors (Lipinski definition) is 4. The zero-order valence-electron chi connectivity index (χ0n) is 14.2. The van der Waals surface area contributed by atoms with Crippen molar-refractivity contribution in [1.82, 2.24) is 4.57 Å². The molecule has 3 aromatic rings. The predicted molar refractivity (Wildman–Crippen MR) is 88.9 cm³/mol. The van der Waals surface area contributed by atoms with Gasteiger partial charge in [0.2, 0.25) is 0 Å². The van der Waals surface area contributed by atoms with E-state index in [1.807, 2.05) is 0 Å². The molecule has 0 aliphatic carbocycles. The van der Waals surface area contributed by atoms with Crippen LogP contribution in [0.4, 0.5) is 26.3 Å². The molecule has 0 N–H and O–H groups in total. The monoisotopic (exact) mass is 423 g/mol. The van der Waals surface area contributed by atoms with Crippen LogP contribution in [-0.4, -0.2) is 29.9 Å². The molecule has 1 aromatic carbocycles. The maximum atomic E-state index is 14.4. The molecule has 2 aromatic heterocycles. The van der Waals surface area contributed by atoms with E-state index in [4.69, 9.17) is 4.74 Å². The highest BCUT2D eigenvalue weighted by Gasteiger charge is 2.61. The summed E-state index contributed by atoms with van der Waals surface area (Å²) in [6.45, 7) is 1.52. The van der Waals surface area contributed by atoms with Crippen molar-refractivity contribution in [2.24, 2.45) is 0 Å². The molecular weight excluding hydrogens is 412 g/mol. The summed E-state index contributed by atoms with van der Waals surface area (Å²) >= 11 is 0.408. The number of methoxy groups -OCH3 is 1. The second-order valence-corrected chi connectivity index (χ2v) is 6.59. The largest absolute Gasteiger partial charge is 0.499 e. The van der Waals surface area contributed by atoms with Gasteiger partial charge in [-0.05, 0) is 25.1 Å². The maximum absolute atomic E-state index is 14.4. The van der Waals surface area contributed by atoms with Gasteiger partial charge in [0.15, 0.2) is 16.6 Å². The molecule has 0 spiro atoms. The topological polar surface area (TPSA) is 40.5 Å². The van der Waals surface area contributed by atoms with Gasteiger partial charge in [0, 0.05) is 22.5 Å². The number of alkyl halides is 5. The lowest BCUT2D eigenvalue weighted by atomic mass is 10.2. The van der Waals surface area contributed by atoms with E-state index in [2.05, 4.69) is 4.74 Å². The third-order valence-electron chi connectivity index (χ3n) is 3.87. The molecule has 0 unspecified atom stereocenters. The van der Waals surface area contributed by atoms with E-state index in [0.717, 1.165) is 16.0 Å². The van der Waals surface area contributed by atoms with Crippen molar-refractivity contribution in [1.29, 1.82) is 0 Å². The molecule has 0 atom stereocenters. The van der Waals surface area contributed by atoms with Crippen LogP contribution in [-0.2, 0) is 0 Å². The molecule has 0 aliphatic heterocycles. The van der Waals surface area contributed by atoms with E-state index >= 15 is 0 Å². The average Bonchev–Trinajstić information content (AvgIpc) is 3.17. The number of aryl methyl sites for hydroxylation is 1. The van der Waals surface area contributed by atoms with Crippen molar-refractivity contribution in [2.45, 2.75) is 19.2 Å². The number of carbonyl (C=O) groups excluding carboxylic acids is 1. The summed E-state index contributed by atoms with van der Waals surface area (Å²) in [5, 5.41) is 0.392. The van der Waals surface area contributed by atoms with Gasteiger partial charge in [0.1, 0.15) is 0 Å². The normalized spacial score (nSPS) is 12.4. The minimum Gasteiger partial charge on any atom is -0.494 e. The van der Waals surface area contributed by atoms with Crippen molar-refractivity contribution < 1.29 is 40.6 Å². The predicted octanol–water partition coefficient (Wildman–Crippen LogP) is 5.38. The Morgan fingerprint density at radius 3 is 2.43 bits per heavy atom. The Labute approximate surface area is 157 Å². The highest BCUT2D eigenvalue weighted by atomic mass is 32.1. The van der Waals surface area contributed by atoms with E-state index in [9.17, 15) is 31.1 Å². The van der Waals surface area contributed by atoms with Gasteiger partial charge in [-0.1, -0.05) is 0 Å². The molecule has 11 heteroatoms. The summed E-state index contributed by atoms with van der Waals surface area (Å²) in [7, 11) is 1.28. The first-order valence-electron chi connectivity index (χ1n) is 7.57. The van der Waals surface area contributed by atoms with E-state index in [0.29, 0.717) is 17.0 Å².